The van der Waals surface area contributed by atoms with Crippen molar-refractivity contribution in [2.75, 3.05) is 18.2 Å². The van der Waals surface area contributed by atoms with Crippen molar-refractivity contribution >= 4 is 40.9 Å². The average molecular weight is 488 g/mol. The number of nitrogens with one attached hydrogen (secondary N) is 2. The first-order chi connectivity index (χ1) is 15.8. The molecule has 0 fully saturated rings. The van der Waals surface area contributed by atoms with Crippen LogP contribution in [0.2, 0.25) is 5.02 Å². The molecule has 0 aliphatic rings. The fourth-order valence-electron chi connectivity index (χ4n) is 3.20. The van der Waals surface area contributed by atoms with Gasteiger partial charge in [0.2, 0.25) is 5.91 Å². The number of thioether (sulfide) groups is 1. The van der Waals surface area contributed by atoms with E-state index in [1.165, 1.54) is 11.8 Å². The summed E-state index contributed by atoms with van der Waals surface area (Å²) in [7, 11) is 1.58. The van der Waals surface area contributed by atoms with Gasteiger partial charge in [-0.05, 0) is 68.8 Å². The van der Waals surface area contributed by atoms with Gasteiger partial charge in [-0.1, -0.05) is 23.4 Å². The van der Waals surface area contributed by atoms with Crippen molar-refractivity contribution in [3.8, 4) is 5.75 Å². The monoisotopic (exact) mass is 487 g/mol. The number of methoxy groups -OCH3 is 1. The third kappa shape index (κ3) is 6.27. The number of carbonyl (C=O) groups is 2. The third-order valence-electron chi connectivity index (χ3n) is 4.94. The Morgan fingerprint density at radius 2 is 1.91 bits per heavy atom. The van der Waals surface area contributed by atoms with Crippen LogP contribution in [-0.4, -0.2) is 39.4 Å². The second-order valence-corrected chi connectivity index (χ2v) is 8.68. The number of hydrogen-bond donors (Lipinski definition) is 2. The van der Waals surface area contributed by atoms with Gasteiger partial charge in [0.1, 0.15) is 5.75 Å². The number of hydrogen-bond acceptors (Lipinski definition) is 6. The molecule has 10 heteroatoms. The second kappa shape index (κ2) is 11.2. The summed E-state index contributed by atoms with van der Waals surface area (Å²) in [5.74, 6) is 1.10. The van der Waals surface area contributed by atoms with Gasteiger partial charge < -0.3 is 19.9 Å². The van der Waals surface area contributed by atoms with E-state index >= 15 is 0 Å². The van der Waals surface area contributed by atoms with E-state index in [0.29, 0.717) is 33.9 Å². The van der Waals surface area contributed by atoms with Crippen LogP contribution in [-0.2, 0) is 11.3 Å². The molecule has 0 aliphatic heterocycles. The van der Waals surface area contributed by atoms with E-state index in [2.05, 4.69) is 20.8 Å². The van der Waals surface area contributed by atoms with E-state index in [9.17, 15) is 9.59 Å². The Morgan fingerprint density at radius 1 is 1.18 bits per heavy atom. The first-order valence-electron chi connectivity index (χ1n) is 10.4. The largest absolute Gasteiger partial charge is 0.497 e. The maximum atomic E-state index is 12.6. The summed E-state index contributed by atoms with van der Waals surface area (Å²) in [6.07, 6.45) is 0. The predicted octanol–water partition coefficient (Wildman–Crippen LogP) is 4.49. The molecule has 0 spiro atoms. The molecule has 0 saturated heterocycles. The Bertz CT molecular complexity index is 1130. The van der Waals surface area contributed by atoms with E-state index in [0.717, 1.165) is 11.3 Å². The van der Waals surface area contributed by atoms with Crippen molar-refractivity contribution in [2.45, 2.75) is 38.5 Å². The fraction of sp³-hybridized carbons (Fsp3) is 0.304. The molecular formula is C23H26ClN5O3S. The zero-order valence-corrected chi connectivity index (χ0v) is 20.5. The normalized spacial score (nSPS) is 11.7. The number of rotatable bonds is 9. The van der Waals surface area contributed by atoms with Crippen molar-refractivity contribution in [3.63, 3.8) is 0 Å². The van der Waals surface area contributed by atoms with Gasteiger partial charge in [0, 0.05) is 22.8 Å². The van der Waals surface area contributed by atoms with Crippen LogP contribution < -0.4 is 15.4 Å². The molecule has 1 aromatic heterocycles. The maximum Gasteiger partial charge on any atom is 0.251 e. The Labute approximate surface area is 202 Å². The number of halogens is 1. The molecule has 2 aromatic carbocycles. The maximum absolute atomic E-state index is 12.6. The second-order valence-electron chi connectivity index (χ2n) is 7.30. The Balaban J connectivity index is 1.62. The number of amides is 2. The quantitative estimate of drug-likeness (QED) is 0.431. The highest BCUT2D eigenvalue weighted by Crippen LogP contribution is 2.23. The molecule has 0 radical (unpaired) electrons. The van der Waals surface area contributed by atoms with Crippen LogP contribution in [0.1, 0.15) is 41.6 Å². The fourth-order valence-corrected chi connectivity index (χ4v) is 4.23. The first kappa shape index (κ1) is 24.6. The standard InChI is InChI=1S/C23H26ClN5O3S/c1-5-29-21(15(3)25-22(31)16-6-9-18(32-4)10-7-16)27-28-23(29)33-13-20(30)26-19-11-8-17(24)12-14(19)2/h6-12,15H,5,13H2,1-4H3,(H,25,31)(H,26,30)/t15-/m0/s1. The first-order valence-corrected chi connectivity index (χ1v) is 11.8. The van der Waals surface area contributed by atoms with E-state index in [1.807, 2.05) is 25.3 Å². The molecule has 174 valence electrons. The van der Waals surface area contributed by atoms with Gasteiger partial charge in [0.25, 0.3) is 5.91 Å². The lowest BCUT2D eigenvalue weighted by Gasteiger charge is -2.15. The van der Waals surface area contributed by atoms with Crippen LogP contribution in [0.25, 0.3) is 0 Å². The summed E-state index contributed by atoms with van der Waals surface area (Å²) >= 11 is 7.26. The lowest BCUT2D eigenvalue weighted by atomic mass is 10.2. The molecule has 1 heterocycles. The topological polar surface area (TPSA) is 98.1 Å². The molecule has 1 atom stereocenters. The van der Waals surface area contributed by atoms with Crippen LogP contribution >= 0.6 is 23.4 Å². The van der Waals surface area contributed by atoms with E-state index in [-0.39, 0.29) is 23.6 Å². The summed E-state index contributed by atoms with van der Waals surface area (Å²) < 4.78 is 7.02. The number of benzene rings is 2. The van der Waals surface area contributed by atoms with E-state index in [1.54, 1.807) is 49.6 Å². The molecule has 0 saturated carbocycles. The lowest BCUT2D eigenvalue weighted by molar-refractivity contribution is -0.113. The van der Waals surface area contributed by atoms with Gasteiger partial charge in [0.05, 0.1) is 18.9 Å². The SMILES string of the molecule is CCn1c(SCC(=O)Nc2ccc(Cl)cc2C)nnc1[C@H](C)NC(=O)c1ccc(OC)cc1. The lowest BCUT2D eigenvalue weighted by Crippen LogP contribution is -2.28. The van der Waals surface area contributed by atoms with Crippen LogP contribution in [0.15, 0.2) is 47.6 Å². The number of aryl methyl sites for hydroxylation is 1. The molecule has 0 bridgehead atoms. The highest BCUT2D eigenvalue weighted by molar-refractivity contribution is 7.99. The summed E-state index contributed by atoms with van der Waals surface area (Å²) in [5, 5.41) is 15.6. The molecule has 3 rings (SSSR count). The van der Waals surface area contributed by atoms with Gasteiger partial charge >= 0.3 is 0 Å². The van der Waals surface area contributed by atoms with Crippen LogP contribution in [0.5, 0.6) is 5.75 Å². The number of nitrogens with zero attached hydrogens (tertiary/aromatic N) is 3. The third-order valence-corrected chi connectivity index (χ3v) is 6.15. The van der Waals surface area contributed by atoms with Crippen molar-refractivity contribution in [2.24, 2.45) is 0 Å². The highest BCUT2D eigenvalue weighted by atomic mass is 35.5. The van der Waals surface area contributed by atoms with Crippen LogP contribution in [0.3, 0.4) is 0 Å². The van der Waals surface area contributed by atoms with Crippen molar-refractivity contribution in [3.05, 3.63) is 64.4 Å². The molecule has 8 nitrogen and oxygen atoms in total. The molecule has 3 aromatic rings. The number of aromatic nitrogens is 3. The Kier molecular flexibility index (Phi) is 8.35. The smallest absolute Gasteiger partial charge is 0.251 e. The molecule has 2 amide bonds. The van der Waals surface area contributed by atoms with Gasteiger partial charge in [-0.25, -0.2) is 0 Å². The zero-order chi connectivity index (χ0) is 24.0. The Morgan fingerprint density at radius 3 is 2.55 bits per heavy atom. The summed E-state index contributed by atoms with van der Waals surface area (Å²) in [5.41, 5.74) is 2.13. The average Bonchev–Trinajstić information content (AvgIpc) is 3.22. The molecule has 0 aliphatic carbocycles. The predicted molar refractivity (Wildman–Crippen MR) is 130 cm³/mol. The minimum absolute atomic E-state index is 0.154. The summed E-state index contributed by atoms with van der Waals surface area (Å²) in [4.78, 5) is 25.0. The van der Waals surface area contributed by atoms with Gasteiger partial charge in [-0.15, -0.1) is 10.2 Å². The van der Waals surface area contributed by atoms with Gasteiger partial charge in [-0.3, -0.25) is 9.59 Å². The van der Waals surface area contributed by atoms with Crippen molar-refractivity contribution in [1.29, 1.82) is 0 Å². The molecule has 33 heavy (non-hydrogen) atoms. The Hall–Kier alpha value is -3.04. The van der Waals surface area contributed by atoms with Crippen LogP contribution in [0, 0.1) is 6.92 Å². The van der Waals surface area contributed by atoms with Crippen molar-refractivity contribution in [1.82, 2.24) is 20.1 Å². The highest BCUT2D eigenvalue weighted by Gasteiger charge is 2.20. The number of anilines is 1. The summed E-state index contributed by atoms with van der Waals surface area (Å²) in [6.45, 7) is 6.30. The van der Waals surface area contributed by atoms with E-state index < -0.39 is 0 Å². The van der Waals surface area contributed by atoms with Gasteiger partial charge in [0.15, 0.2) is 11.0 Å². The minimum Gasteiger partial charge on any atom is -0.497 e. The van der Waals surface area contributed by atoms with Crippen molar-refractivity contribution < 1.29 is 14.3 Å². The zero-order valence-electron chi connectivity index (χ0n) is 18.9. The molecular weight excluding hydrogens is 462 g/mol. The summed E-state index contributed by atoms with van der Waals surface area (Å²) in [6, 6.07) is 11.8. The number of ether oxygens (including phenoxy) is 1. The van der Waals surface area contributed by atoms with Gasteiger partial charge in [-0.2, -0.15) is 0 Å². The van der Waals surface area contributed by atoms with E-state index in [4.69, 9.17) is 16.3 Å². The molecule has 2 N–H and O–H groups in total. The molecule has 0 unspecified atom stereocenters. The minimum atomic E-state index is -0.369. The number of carbonyl (C=O) groups excluding carboxylic acids is 2. The van der Waals surface area contributed by atoms with Crippen LogP contribution in [0.4, 0.5) is 5.69 Å².